The van der Waals surface area contributed by atoms with E-state index in [2.05, 4.69) is 4.74 Å². The molecule has 3 nitrogen and oxygen atoms in total. The number of carbonyl (C=O) groups excluding carboxylic acids is 2. The van der Waals surface area contributed by atoms with Gasteiger partial charge in [0.25, 0.3) is 0 Å². The van der Waals surface area contributed by atoms with Crippen LogP contribution < -0.4 is 0 Å². The van der Waals surface area contributed by atoms with Crippen LogP contribution in [0.1, 0.15) is 16.7 Å². The quantitative estimate of drug-likeness (QED) is 0.607. The molecule has 0 aliphatic rings. The SMILES string of the molecule is COC(=O)Cc1ccc(CC(=O)/C=C/c2ccccc2)cc1. The van der Waals surface area contributed by atoms with Gasteiger partial charge < -0.3 is 4.74 Å². The van der Waals surface area contributed by atoms with Crippen molar-refractivity contribution < 1.29 is 14.3 Å². The third kappa shape index (κ3) is 5.02. The third-order valence-electron chi connectivity index (χ3n) is 3.24. The van der Waals surface area contributed by atoms with E-state index in [-0.39, 0.29) is 18.2 Å². The molecule has 2 aromatic rings. The zero-order chi connectivity index (χ0) is 15.8. The molecule has 0 heterocycles. The summed E-state index contributed by atoms with van der Waals surface area (Å²) in [5, 5.41) is 0. The third-order valence-corrected chi connectivity index (χ3v) is 3.24. The molecule has 2 rings (SSSR count). The fourth-order valence-electron chi connectivity index (χ4n) is 2.03. The van der Waals surface area contributed by atoms with Gasteiger partial charge in [-0.1, -0.05) is 60.7 Å². The van der Waals surface area contributed by atoms with Crippen LogP contribution in [0.2, 0.25) is 0 Å². The van der Waals surface area contributed by atoms with Crippen molar-refractivity contribution in [2.24, 2.45) is 0 Å². The molecule has 0 spiro atoms. The van der Waals surface area contributed by atoms with Crippen molar-refractivity contribution in [3.05, 3.63) is 77.4 Å². The number of allylic oxidation sites excluding steroid dienone is 1. The van der Waals surface area contributed by atoms with Crippen LogP contribution in [-0.4, -0.2) is 18.9 Å². The number of benzene rings is 2. The van der Waals surface area contributed by atoms with Crippen molar-refractivity contribution in [2.75, 3.05) is 7.11 Å². The van der Waals surface area contributed by atoms with Crippen molar-refractivity contribution in [3.8, 4) is 0 Å². The van der Waals surface area contributed by atoms with Gasteiger partial charge >= 0.3 is 5.97 Å². The van der Waals surface area contributed by atoms with E-state index in [1.165, 1.54) is 7.11 Å². The Bertz CT molecular complexity index is 655. The molecule has 0 aliphatic heterocycles. The second-order valence-corrected chi connectivity index (χ2v) is 4.96. The van der Waals surface area contributed by atoms with Crippen molar-refractivity contribution in [1.29, 1.82) is 0 Å². The number of ketones is 1. The number of hydrogen-bond acceptors (Lipinski definition) is 3. The van der Waals surface area contributed by atoms with E-state index in [4.69, 9.17) is 0 Å². The van der Waals surface area contributed by atoms with Crippen molar-refractivity contribution >= 4 is 17.8 Å². The van der Waals surface area contributed by atoms with Gasteiger partial charge in [-0.05, 0) is 22.8 Å². The second-order valence-electron chi connectivity index (χ2n) is 4.96. The number of carbonyl (C=O) groups is 2. The lowest BCUT2D eigenvalue weighted by atomic mass is 10.0. The number of ether oxygens (including phenoxy) is 1. The van der Waals surface area contributed by atoms with E-state index < -0.39 is 0 Å². The van der Waals surface area contributed by atoms with Gasteiger partial charge in [-0.3, -0.25) is 9.59 Å². The summed E-state index contributed by atoms with van der Waals surface area (Å²) >= 11 is 0. The molecule has 2 aromatic carbocycles. The second kappa shape index (κ2) is 7.93. The molecule has 0 fully saturated rings. The van der Waals surface area contributed by atoms with E-state index in [0.29, 0.717) is 6.42 Å². The van der Waals surface area contributed by atoms with Crippen LogP contribution in [-0.2, 0) is 27.2 Å². The smallest absolute Gasteiger partial charge is 0.309 e. The van der Waals surface area contributed by atoms with E-state index >= 15 is 0 Å². The summed E-state index contributed by atoms with van der Waals surface area (Å²) in [6.45, 7) is 0. The maximum absolute atomic E-state index is 11.9. The predicted molar refractivity (Wildman–Crippen MR) is 86.3 cm³/mol. The maximum Gasteiger partial charge on any atom is 0.309 e. The Kier molecular flexibility index (Phi) is 5.66. The largest absolute Gasteiger partial charge is 0.469 e. The molecular weight excluding hydrogens is 276 g/mol. The van der Waals surface area contributed by atoms with Crippen LogP contribution in [0.15, 0.2) is 60.7 Å². The minimum atomic E-state index is -0.269. The Morgan fingerprint density at radius 1 is 0.909 bits per heavy atom. The topological polar surface area (TPSA) is 43.4 Å². The van der Waals surface area contributed by atoms with E-state index in [1.807, 2.05) is 60.7 Å². The van der Waals surface area contributed by atoms with Gasteiger partial charge in [-0.25, -0.2) is 0 Å². The molecule has 0 aliphatic carbocycles. The van der Waals surface area contributed by atoms with Crippen LogP contribution in [0.5, 0.6) is 0 Å². The fourth-order valence-corrected chi connectivity index (χ4v) is 2.03. The van der Waals surface area contributed by atoms with E-state index in [9.17, 15) is 9.59 Å². The van der Waals surface area contributed by atoms with Gasteiger partial charge in [0.2, 0.25) is 0 Å². The summed E-state index contributed by atoms with van der Waals surface area (Å²) < 4.78 is 4.62. The first-order chi connectivity index (χ1) is 10.7. The molecule has 0 saturated carbocycles. The molecule has 0 atom stereocenters. The normalized spacial score (nSPS) is 10.6. The van der Waals surface area contributed by atoms with Crippen molar-refractivity contribution in [2.45, 2.75) is 12.8 Å². The lowest BCUT2D eigenvalue weighted by molar-refractivity contribution is -0.139. The minimum Gasteiger partial charge on any atom is -0.469 e. The first-order valence-electron chi connectivity index (χ1n) is 7.08. The molecule has 0 amide bonds. The van der Waals surface area contributed by atoms with Crippen LogP contribution in [0.3, 0.4) is 0 Å². The molecule has 3 heteroatoms. The van der Waals surface area contributed by atoms with E-state index in [1.54, 1.807) is 6.08 Å². The average molecular weight is 294 g/mol. The van der Waals surface area contributed by atoms with Gasteiger partial charge in [-0.2, -0.15) is 0 Å². The molecular formula is C19H18O3. The summed E-state index contributed by atoms with van der Waals surface area (Å²) in [5.74, 6) is -0.223. The van der Waals surface area contributed by atoms with Crippen LogP contribution in [0.25, 0.3) is 6.08 Å². The number of rotatable bonds is 6. The molecule has 0 saturated heterocycles. The Balaban J connectivity index is 1.91. The van der Waals surface area contributed by atoms with E-state index in [0.717, 1.165) is 16.7 Å². The lowest BCUT2D eigenvalue weighted by Gasteiger charge is -2.02. The molecule has 112 valence electrons. The molecule has 0 bridgehead atoms. The van der Waals surface area contributed by atoms with Crippen molar-refractivity contribution in [1.82, 2.24) is 0 Å². The predicted octanol–water partition coefficient (Wildman–Crippen LogP) is 3.23. The molecule has 0 N–H and O–H groups in total. The van der Waals surface area contributed by atoms with Crippen LogP contribution >= 0.6 is 0 Å². The average Bonchev–Trinajstić information content (AvgIpc) is 2.55. The zero-order valence-corrected chi connectivity index (χ0v) is 12.5. The highest BCUT2D eigenvalue weighted by atomic mass is 16.5. The van der Waals surface area contributed by atoms with Crippen LogP contribution in [0.4, 0.5) is 0 Å². The summed E-state index contributed by atoms with van der Waals surface area (Å²) in [5.41, 5.74) is 2.81. The Labute approximate surface area is 130 Å². The Morgan fingerprint density at radius 2 is 1.50 bits per heavy atom. The van der Waals surface area contributed by atoms with Gasteiger partial charge in [0.05, 0.1) is 13.5 Å². The molecule has 22 heavy (non-hydrogen) atoms. The first kappa shape index (κ1) is 15.7. The number of hydrogen-bond donors (Lipinski definition) is 0. The fraction of sp³-hybridized carbons (Fsp3) is 0.158. The van der Waals surface area contributed by atoms with Gasteiger partial charge in [-0.15, -0.1) is 0 Å². The zero-order valence-electron chi connectivity index (χ0n) is 12.5. The Morgan fingerprint density at radius 3 is 2.09 bits per heavy atom. The Hall–Kier alpha value is -2.68. The minimum absolute atomic E-state index is 0.0459. The highest BCUT2D eigenvalue weighted by Crippen LogP contribution is 2.08. The first-order valence-corrected chi connectivity index (χ1v) is 7.08. The number of esters is 1. The van der Waals surface area contributed by atoms with Crippen LogP contribution in [0, 0.1) is 0 Å². The monoisotopic (exact) mass is 294 g/mol. The molecule has 0 radical (unpaired) electrons. The highest BCUT2D eigenvalue weighted by molar-refractivity contribution is 5.95. The van der Waals surface area contributed by atoms with Crippen molar-refractivity contribution in [3.63, 3.8) is 0 Å². The molecule has 0 aromatic heterocycles. The summed E-state index contributed by atoms with van der Waals surface area (Å²) in [4.78, 5) is 23.1. The lowest BCUT2D eigenvalue weighted by Crippen LogP contribution is -2.04. The standard InChI is InChI=1S/C19H18O3/c1-22-19(21)14-17-9-7-16(8-10-17)13-18(20)12-11-15-5-3-2-4-6-15/h2-12H,13-14H2,1H3/b12-11+. The van der Waals surface area contributed by atoms with Gasteiger partial charge in [0.15, 0.2) is 5.78 Å². The number of methoxy groups -OCH3 is 1. The van der Waals surface area contributed by atoms with Gasteiger partial charge in [0.1, 0.15) is 0 Å². The summed E-state index contributed by atoms with van der Waals surface area (Å²) in [6.07, 6.45) is 4.01. The maximum atomic E-state index is 11.9. The molecule has 0 unspecified atom stereocenters. The van der Waals surface area contributed by atoms with Gasteiger partial charge in [0, 0.05) is 6.42 Å². The highest BCUT2D eigenvalue weighted by Gasteiger charge is 2.04. The summed E-state index contributed by atoms with van der Waals surface area (Å²) in [6, 6.07) is 17.1. The summed E-state index contributed by atoms with van der Waals surface area (Å²) in [7, 11) is 1.37.